The van der Waals surface area contributed by atoms with E-state index in [0.29, 0.717) is 53.5 Å². The Morgan fingerprint density at radius 1 is 1.12 bits per heavy atom. The molecule has 0 aromatic carbocycles. The molecule has 2 saturated heterocycles. The third-order valence-corrected chi connectivity index (χ3v) is 14.7. The van der Waals surface area contributed by atoms with Crippen LogP contribution in [0.3, 0.4) is 0 Å². The zero-order valence-corrected chi connectivity index (χ0v) is 31.3. The van der Waals surface area contributed by atoms with Gasteiger partial charge in [0.05, 0.1) is 18.3 Å². The molecule has 7 aliphatic rings. The third-order valence-electron chi connectivity index (χ3n) is 14.7. The Bertz CT molecular complexity index is 1070. The van der Waals surface area contributed by atoms with Crippen LogP contribution in [0, 0.1) is 52.8 Å². The van der Waals surface area contributed by atoms with Gasteiger partial charge in [-0.1, -0.05) is 27.2 Å². The van der Waals surface area contributed by atoms with E-state index in [1.165, 1.54) is 45.1 Å². The number of rotatable bonds is 11. The second-order valence-electron chi connectivity index (χ2n) is 17.9. The summed E-state index contributed by atoms with van der Waals surface area (Å²) in [6, 6.07) is 0.199. The lowest BCUT2D eigenvalue weighted by Gasteiger charge is -2.62. The van der Waals surface area contributed by atoms with Crippen LogP contribution < -0.4 is 16.4 Å². The van der Waals surface area contributed by atoms with Crippen molar-refractivity contribution in [3.05, 3.63) is 0 Å². The molecule has 0 aromatic heterocycles. The van der Waals surface area contributed by atoms with Crippen molar-refractivity contribution in [2.24, 2.45) is 58.5 Å². The van der Waals surface area contributed by atoms with E-state index in [-0.39, 0.29) is 42.5 Å². The minimum atomic E-state index is -0.703. The summed E-state index contributed by atoms with van der Waals surface area (Å²) in [5.41, 5.74) is 6.60. The number of nitrogens with two attached hydrogens (primary N) is 1. The van der Waals surface area contributed by atoms with E-state index in [1.54, 1.807) is 6.92 Å². The van der Waals surface area contributed by atoms with Crippen molar-refractivity contribution >= 4 is 5.91 Å². The molecule has 14 atom stereocenters. The average molecular weight is 675 g/mol. The SMILES string of the molecule is COC1C(CN2O[C@@H](CN)[C@H]([C@H](C)O)[C@H]2C(=O)N[C@H]2C[C@H]3C[C@@H]([C@@H]2C)C3(C)C)CCCC1C1CC(CN2CCNCC2)CC(N(C)C)C1. The third kappa shape index (κ3) is 7.39. The summed E-state index contributed by atoms with van der Waals surface area (Å²) >= 11 is 0. The van der Waals surface area contributed by atoms with Gasteiger partial charge in [-0.25, -0.2) is 0 Å². The van der Waals surface area contributed by atoms with Gasteiger partial charge in [-0.2, -0.15) is 5.06 Å². The Balaban J connectivity index is 1.16. The molecule has 2 bridgehead atoms. The standard InChI is InChI=1S/C38H70N6O4/c1-23-31-18-28(38(31,3)4)19-32(23)41-37(46)35-34(24(2)45)33(20-39)48-44(35)22-26-9-8-10-30(36(26)47-7)27-15-25(16-29(17-27)42(5)6)21-43-13-11-40-12-14-43/h23-36,40,45H,8-22,39H2,1-7H3,(H,41,46)/t23-,24-,25?,26?,27?,28+,29?,30?,31-,32-,33-,34-,35-,36?/m0/s1. The molecule has 2 heterocycles. The van der Waals surface area contributed by atoms with Gasteiger partial charge in [0.25, 0.3) is 0 Å². The van der Waals surface area contributed by atoms with Gasteiger partial charge in [0.2, 0.25) is 5.91 Å². The topological polar surface area (TPSA) is 116 Å². The molecule has 276 valence electrons. The van der Waals surface area contributed by atoms with E-state index >= 15 is 0 Å². The number of hydrogen-bond acceptors (Lipinski definition) is 9. The van der Waals surface area contributed by atoms with Crippen LogP contribution in [-0.2, 0) is 14.4 Å². The number of piperazine rings is 1. The molecule has 0 radical (unpaired) electrons. The number of amides is 1. The molecule has 1 amide bonds. The average Bonchev–Trinajstić information content (AvgIpc) is 3.44. The normalized spacial score (nSPS) is 44.3. The van der Waals surface area contributed by atoms with Gasteiger partial charge >= 0.3 is 0 Å². The number of aliphatic hydroxyl groups excluding tert-OH is 1. The van der Waals surface area contributed by atoms with E-state index in [9.17, 15) is 9.90 Å². The highest BCUT2D eigenvalue weighted by Crippen LogP contribution is 2.61. The van der Waals surface area contributed by atoms with Crippen LogP contribution in [0.15, 0.2) is 0 Å². The molecule has 10 heteroatoms. The summed E-state index contributed by atoms with van der Waals surface area (Å²) in [6.07, 6.45) is 8.54. The molecule has 6 unspecified atom stereocenters. The summed E-state index contributed by atoms with van der Waals surface area (Å²) in [5, 5.41) is 19.9. The number of carbonyl (C=O) groups excluding carboxylic acids is 1. The Labute approximate surface area is 291 Å². The largest absolute Gasteiger partial charge is 0.393 e. The van der Waals surface area contributed by atoms with E-state index in [1.807, 2.05) is 12.2 Å². The van der Waals surface area contributed by atoms with Gasteiger partial charge in [-0.05, 0) is 107 Å². The van der Waals surface area contributed by atoms with Crippen LogP contribution in [0.4, 0.5) is 0 Å². The molecule has 5 N–H and O–H groups in total. The molecule has 5 aliphatic carbocycles. The zero-order valence-electron chi connectivity index (χ0n) is 31.3. The number of carbonyl (C=O) groups is 1. The second-order valence-corrected chi connectivity index (χ2v) is 17.9. The first-order valence-electron chi connectivity index (χ1n) is 19.7. The van der Waals surface area contributed by atoms with Crippen molar-refractivity contribution in [2.45, 2.75) is 115 Å². The number of fused-ring (bicyclic) bond motifs is 2. The summed E-state index contributed by atoms with van der Waals surface area (Å²) < 4.78 is 6.47. The number of hydrogen-bond donors (Lipinski definition) is 4. The highest BCUT2D eigenvalue weighted by Gasteiger charge is 2.57. The Morgan fingerprint density at radius 3 is 2.50 bits per heavy atom. The number of nitrogens with zero attached hydrogens (tertiary/aromatic N) is 3. The Kier molecular flexibility index (Phi) is 11.8. The summed E-state index contributed by atoms with van der Waals surface area (Å²) in [5.74, 6) is 3.44. The van der Waals surface area contributed by atoms with E-state index in [0.717, 1.165) is 39.0 Å². The lowest BCUT2D eigenvalue weighted by molar-refractivity contribution is -0.186. The fraction of sp³-hybridized carbons (Fsp3) is 0.974. The molecule has 48 heavy (non-hydrogen) atoms. The minimum absolute atomic E-state index is 0.00834. The van der Waals surface area contributed by atoms with Gasteiger partial charge in [0.15, 0.2) is 0 Å². The smallest absolute Gasteiger partial charge is 0.240 e. The second kappa shape index (κ2) is 15.4. The van der Waals surface area contributed by atoms with Crippen molar-refractivity contribution in [3.63, 3.8) is 0 Å². The van der Waals surface area contributed by atoms with Crippen LogP contribution >= 0.6 is 0 Å². The molecule has 7 fully saturated rings. The van der Waals surface area contributed by atoms with Crippen LogP contribution in [0.5, 0.6) is 0 Å². The molecule has 0 aromatic rings. The molecule has 7 rings (SSSR count). The van der Waals surface area contributed by atoms with Gasteiger partial charge in [-0.3, -0.25) is 9.63 Å². The van der Waals surface area contributed by atoms with Crippen molar-refractivity contribution in [2.75, 3.05) is 67.0 Å². The number of nitrogens with one attached hydrogen (secondary N) is 2. The fourth-order valence-corrected chi connectivity index (χ4v) is 11.8. The molecule has 5 saturated carbocycles. The highest BCUT2D eigenvalue weighted by atomic mass is 16.7. The maximum absolute atomic E-state index is 14.3. The van der Waals surface area contributed by atoms with E-state index < -0.39 is 12.1 Å². The Hall–Kier alpha value is -0.850. The highest BCUT2D eigenvalue weighted by molar-refractivity contribution is 5.82. The maximum Gasteiger partial charge on any atom is 0.240 e. The van der Waals surface area contributed by atoms with Crippen LogP contribution in [0.1, 0.15) is 79.1 Å². The van der Waals surface area contributed by atoms with E-state index in [4.69, 9.17) is 15.3 Å². The Morgan fingerprint density at radius 2 is 1.88 bits per heavy atom. The zero-order chi connectivity index (χ0) is 34.3. The minimum Gasteiger partial charge on any atom is -0.393 e. The van der Waals surface area contributed by atoms with Gasteiger partial charge in [0.1, 0.15) is 6.04 Å². The number of aliphatic hydroxyl groups is 1. The maximum atomic E-state index is 14.3. The first kappa shape index (κ1) is 36.9. The summed E-state index contributed by atoms with van der Waals surface area (Å²) in [4.78, 5) is 26.0. The lowest BCUT2D eigenvalue weighted by Crippen LogP contribution is -2.62. The molecular weight excluding hydrogens is 604 g/mol. The summed E-state index contributed by atoms with van der Waals surface area (Å²) in [7, 11) is 6.41. The van der Waals surface area contributed by atoms with Crippen molar-refractivity contribution in [1.29, 1.82) is 0 Å². The monoisotopic (exact) mass is 675 g/mol. The molecular formula is C38H70N6O4. The van der Waals surface area contributed by atoms with Crippen molar-refractivity contribution < 1.29 is 19.5 Å². The lowest BCUT2D eigenvalue weighted by atomic mass is 9.45. The van der Waals surface area contributed by atoms with Crippen LogP contribution in [0.2, 0.25) is 0 Å². The van der Waals surface area contributed by atoms with Crippen LogP contribution in [-0.4, -0.2) is 129 Å². The van der Waals surface area contributed by atoms with E-state index in [2.05, 4.69) is 55.3 Å². The molecule has 0 spiro atoms. The number of methoxy groups -OCH3 is 1. The van der Waals surface area contributed by atoms with Crippen LogP contribution in [0.25, 0.3) is 0 Å². The predicted molar refractivity (Wildman–Crippen MR) is 190 cm³/mol. The number of ether oxygens (including phenoxy) is 1. The number of hydroxylamine groups is 2. The molecule has 2 aliphatic heterocycles. The first-order chi connectivity index (χ1) is 22.9. The predicted octanol–water partition coefficient (Wildman–Crippen LogP) is 2.80. The van der Waals surface area contributed by atoms with Crippen molar-refractivity contribution in [1.82, 2.24) is 25.5 Å². The van der Waals surface area contributed by atoms with Gasteiger partial charge < -0.3 is 36.0 Å². The van der Waals surface area contributed by atoms with Gasteiger partial charge in [-0.15, -0.1) is 0 Å². The summed E-state index contributed by atoms with van der Waals surface area (Å²) in [6.45, 7) is 15.5. The van der Waals surface area contributed by atoms with Gasteiger partial charge in [0, 0.05) is 76.8 Å². The quantitative estimate of drug-likeness (QED) is 0.263. The van der Waals surface area contributed by atoms with Crippen molar-refractivity contribution in [3.8, 4) is 0 Å². The first-order valence-corrected chi connectivity index (χ1v) is 19.7. The molecule has 10 nitrogen and oxygen atoms in total. The fourth-order valence-electron chi connectivity index (χ4n) is 11.8.